The molecule has 3 rings (SSSR count). The van der Waals surface area contributed by atoms with E-state index in [4.69, 9.17) is 9.47 Å². The second-order valence-corrected chi connectivity index (χ2v) is 7.81. The lowest BCUT2D eigenvalue weighted by molar-refractivity contribution is 0.190. The standard InChI is InChI=1S/C22H29BrN2O2/c1-3-27-21-14-18(13-20(23)22(21)26-2)15-24-19-9-11-25(12-10-19)16-17-7-5-4-6-8-17/h4-8,13-14,19,24H,3,9-12,15-16H2,1-2H3. The van der Waals surface area contributed by atoms with E-state index in [2.05, 4.69) is 68.6 Å². The monoisotopic (exact) mass is 432 g/mol. The van der Waals surface area contributed by atoms with Gasteiger partial charge < -0.3 is 14.8 Å². The lowest BCUT2D eigenvalue weighted by atomic mass is 10.0. The van der Waals surface area contributed by atoms with Gasteiger partial charge in [-0.2, -0.15) is 0 Å². The van der Waals surface area contributed by atoms with Gasteiger partial charge in [-0.05, 0) is 72.0 Å². The Bertz CT molecular complexity index is 716. The summed E-state index contributed by atoms with van der Waals surface area (Å²) in [5.74, 6) is 1.55. The minimum Gasteiger partial charge on any atom is -0.492 e. The van der Waals surface area contributed by atoms with Crippen LogP contribution in [0.4, 0.5) is 0 Å². The number of nitrogens with one attached hydrogen (secondary N) is 1. The molecule has 1 aliphatic heterocycles. The number of rotatable bonds is 8. The van der Waals surface area contributed by atoms with Crippen LogP contribution < -0.4 is 14.8 Å². The second-order valence-electron chi connectivity index (χ2n) is 6.96. The second kappa shape index (κ2) is 10.1. The summed E-state index contributed by atoms with van der Waals surface area (Å²) < 4.78 is 12.1. The van der Waals surface area contributed by atoms with E-state index in [1.54, 1.807) is 7.11 Å². The number of benzene rings is 2. The van der Waals surface area contributed by atoms with Gasteiger partial charge in [0, 0.05) is 19.1 Å². The van der Waals surface area contributed by atoms with Crippen LogP contribution in [0.15, 0.2) is 46.9 Å². The van der Waals surface area contributed by atoms with E-state index in [0.29, 0.717) is 12.6 Å². The minimum absolute atomic E-state index is 0.563. The molecular formula is C22H29BrN2O2. The number of nitrogens with zero attached hydrogens (tertiary/aromatic N) is 1. The van der Waals surface area contributed by atoms with Crippen molar-refractivity contribution in [1.82, 2.24) is 10.2 Å². The summed E-state index contributed by atoms with van der Waals surface area (Å²) in [4.78, 5) is 2.55. The Morgan fingerprint density at radius 1 is 1.11 bits per heavy atom. The van der Waals surface area contributed by atoms with Crippen molar-refractivity contribution < 1.29 is 9.47 Å². The maximum atomic E-state index is 5.72. The van der Waals surface area contributed by atoms with Gasteiger partial charge >= 0.3 is 0 Å². The predicted molar refractivity (Wildman–Crippen MR) is 113 cm³/mol. The van der Waals surface area contributed by atoms with Crippen molar-refractivity contribution in [2.24, 2.45) is 0 Å². The highest BCUT2D eigenvalue weighted by molar-refractivity contribution is 9.10. The van der Waals surface area contributed by atoms with Crippen LogP contribution in [0.5, 0.6) is 11.5 Å². The molecule has 4 nitrogen and oxygen atoms in total. The average Bonchev–Trinajstić information content (AvgIpc) is 2.68. The number of halogens is 1. The van der Waals surface area contributed by atoms with Crippen molar-refractivity contribution in [3.8, 4) is 11.5 Å². The Labute approximate surface area is 171 Å². The van der Waals surface area contributed by atoms with Gasteiger partial charge in [0.2, 0.25) is 0 Å². The fourth-order valence-electron chi connectivity index (χ4n) is 3.58. The van der Waals surface area contributed by atoms with E-state index in [0.717, 1.165) is 42.2 Å². The zero-order valence-electron chi connectivity index (χ0n) is 16.2. The Morgan fingerprint density at radius 3 is 2.52 bits per heavy atom. The van der Waals surface area contributed by atoms with Gasteiger partial charge in [0.25, 0.3) is 0 Å². The Hall–Kier alpha value is -1.56. The third-order valence-electron chi connectivity index (χ3n) is 5.00. The Morgan fingerprint density at radius 2 is 1.85 bits per heavy atom. The van der Waals surface area contributed by atoms with Crippen molar-refractivity contribution in [1.29, 1.82) is 0 Å². The summed E-state index contributed by atoms with van der Waals surface area (Å²) in [5, 5.41) is 3.71. The van der Waals surface area contributed by atoms with E-state index < -0.39 is 0 Å². The third-order valence-corrected chi connectivity index (χ3v) is 5.59. The SMILES string of the molecule is CCOc1cc(CNC2CCN(Cc3ccccc3)CC2)cc(Br)c1OC. The van der Waals surface area contributed by atoms with Gasteiger partial charge in [0.1, 0.15) is 0 Å². The summed E-state index contributed by atoms with van der Waals surface area (Å²) in [5.41, 5.74) is 2.60. The first-order chi connectivity index (χ1) is 13.2. The number of piperidine rings is 1. The summed E-state index contributed by atoms with van der Waals surface area (Å²) in [6.07, 6.45) is 2.37. The first-order valence-corrected chi connectivity index (χ1v) is 10.5. The molecule has 2 aromatic rings. The van der Waals surface area contributed by atoms with Gasteiger partial charge in [0.15, 0.2) is 11.5 Å². The Kier molecular flexibility index (Phi) is 7.56. The molecule has 0 saturated carbocycles. The number of likely N-dealkylation sites (tertiary alicyclic amines) is 1. The van der Waals surface area contributed by atoms with Crippen LogP contribution in [0, 0.1) is 0 Å². The lowest BCUT2D eigenvalue weighted by Crippen LogP contribution is -2.41. The van der Waals surface area contributed by atoms with Crippen molar-refractivity contribution in [2.45, 2.75) is 38.9 Å². The molecule has 0 aromatic heterocycles. The molecule has 5 heteroatoms. The van der Waals surface area contributed by atoms with Crippen LogP contribution in [0.2, 0.25) is 0 Å². The van der Waals surface area contributed by atoms with Gasteiger partial charge in [0.05, 0.1) is 18.2 Å². The fourth-order valence-corrected chi connectivity index (χ4v) is 4.23. The Balaban J connectivity index is 1.50. The molecule has 0 atom stereocenters. The highest BCUT2D eigenvalue weighted by Crippen LogP contribution is 2.36. The molecule has 1 N–H and O–H groups in total. The number of ether oxygens (including phenoxy) is 2. The minimum atomic E-state index is 0.563. The molecule has 146 valence electrons. The number of methoxy groups -OCH3 is 1. The van der Waals surface area contributed by atoms with E-state index in [1.165, 1.54) is 24.0 Å². The molecule has 1 aliphatic rings. The average molecular weight is 433 g/mol. The molecule has 0 radical (unpaired) electrons. The predicted octanol–water partition coefficient (Wildman–Crippen LogP) is 4.61. The van der Waals surface area contributed by atoms with Crippen LogP contribution in [0.3, 0.4) is 0 Å². The molecule has 1 saturated heterocycles. The van der Waals surface area contributed by atoms with Crippen LogP contribution in [0.25, 0.3) is 0 Å². The maximum absolute atomic E-state index is 5.72. The molecule has 0 unspecified atom stereocenters. The highest BCUT2D eigenvalue weighted by Gasteiger charge is 2.19. The molecule has 0 aliphatic carbocycles. The number of hydrogen-bond acceptors (Lipinski definition) is 4. The van der Waals surface area contributed by atoms with Gasteiger partial charge in [-0.15, -0.1) is 0 Å². The van der Waals surface area contributed by atoms with E-state index >= 15 is 0 Å². The number of hydrogen-bond donors (Lipinski definition) is 1. The zero-order valence-corrected chi connectivity index (χ0v) is 17.8. The summed E-state index contributed by atoms with van der Waals surface area (Å²) in [6, 6.07) is 15.5. The van der Waals surface area contributed by atoms with Crippen LogP contribution in [0.1, 0.15) is 30.9 Å². The smallest absolute Gasteiger partial charge is 0.174 e. The summed E-state index contributed by atoms with van der Waals surface area (Å²) >= 11 is 3.59. The van der Waals surface area contributed by atoms with Gasteiger partial charge in [-0.25, -0.2) is 0 Å². The van der Waals surface area contributed by atoms with Crippen molar-refractivity contribution >= 4 is 15.9 Å². The van der Waals surface area contributed by atoms with Crippen LogP contribution in [-0.4, -0.2) is 37.7 Å². The van der Waals surface area contributed by atoms with Crippen molar-refractivity contribution in [3.05, 3.63) is 58.1 Å². The third kappa shape index (κ3) is 5.71. The molecule has 2 aromatic carbocycles. The fraction of sp³-hybridized carbons (Fsp3) is 0.455. The molecule has 0 amide bonds. The van der Waals surface area contributed by atoms with Gasteiger partial charge in [-0.1, -0.05) is 30.3 Å². The quantitative estimate of drug-likeness (QED) is 0.659. The van der Waals surface area contributed by atoms with Gasteiger partial charge in [-0.3, -0.25) is 4.90 Å². The van der Waals surface area contributed by atoms with E-state index in [1.807, 2.05) is 6.92 Å². The molecular weight excluding hydrogens is 404 g/mol. The normalized spacial score (nSPS) is 15.7. The highest BCUT2D eigenvalue weighted by atomic mass is 79.9. The zero-order chi connectivity index (χ0) is 19.1. The first-order valence-electron chi connectivity index (χ1n) is 9.68. The van der Waals surface area contributed by atoms with Crippen molar-refractivity contribution in [2.75, 3.05) is 26.8 Å². The molecule has 0 spiro atoms. The molecule has 1 heterocycles. The van der Waals surface area contributed by atoms with E-state index in [9.17, 15) is 0 Å². The molecule has 27 heavy (non-hydrogen) atoms. The van der Waals surface area contributed by atoms with Crippen molar-refractivity contribution in [3.63, 3.8) is 0 Å². The topological polar surface area (TPSA) is 33.7 Å². The van der Waals surface area contributed by atoms with E-state index in [-0.39, 0.29) is 0 Å². The first kappa shape index (κ1) is 20.2. The summed E-state index contributed by atoms with van der Waals surface area (Å²) in [6.45, 7) is 6.79. The molecule has 0 bridgehead atoms. The van der Waals surface area contributed by atoms with Crippen LogP contribution >= 0.6 is 15.9 Å². The summed E-state index contributed by atoms with van der Waals surface area (Å²) in [7, 11) is 1.67. The van der Waals surface area contributed by atoms with Crippen LogP contribution in [-0.2, 0) is 13.1 Å². The largest absolute Gasteiger partial charge is 0.492 e. The molecule has 1 fully saturated rings. The lowest BCUT2D eigenvalue weighted by Gasteiger charge is -2.32. The maximum Gasteiger partial charge on any atom is 0.174 e.